The van der Waals surface area contributed by atoms with Crippen molar-refractivity contribution in [2.24, 2.45) is 0 Å². The second-order valence-corrected chi connectivity index (χ2v) is 2.45. The first-order valence-electron chi connectivity index (χ1n) is 0.667. The van der Waals surface area contributed by atoms with Gasteiger partial charge in [-0.3, -0.25) is 4.21 Å². The Morgan fingerprint density at radius 2 is 1.60 bits per heavy atom. The Morgan fingerprint density at radius 3 is 1.60 bits per heavy atom. The van der Waals surface area contributed by atoms with E-state index in [9.17, 15) is 0 Å². The van der Waals surface area contributed by atoms with Crippen LogP contribution in [0.1, 0.15) is 0 Å². The maximum absolute atomic E-state index is 8.89. The van der Waals surface area contributed by atoms with Crippen LogP contribution in [0.2, 0.25) is 0 Å². The first-order valence-corrected chi connectivity index (χ1v) is 3.00. The highest BCUT2D eigenvalue weighted by molar-refractivity contribution is 8.26. The fraction of sp³-hybridized carbons (Fsp3) is 0. The van der Waals surface area contributed by atoms with Crippen LogP contribution < -0.4 is 0 Å². The maximum atomic E-state index is 8.89. The topological polar surface area (TPSA) is 63.2 Å². The molecule has 0 rings (SSSR count). The molecule has 0 aromatic heterocycles. The monoisotopic (exact) mass is 115 g/mol. The minimum Gasteiger partial charge on any atom is -0.780 e. The predicted molar refractivity (Wildman–Crippen MR) is 17.1 cm³/mol. The molecule has 5 heteroatoms. The van der Waals surface area contributed by atoms with Gasteiger partial charge < -0.3 is 9.11 Å². The molecule has 0 unspecified atom stereocenters. The zero-order valence-corrected chi connectivity index (χ0v) is 3.67. The quantitative estimate of drug-likeness (QED) is 0.406. The molecule has 0 spiro atoms. The van der Waals surface area contributed by atoms with Crippen LogP contribution in [0.4, 0.5) is 0 Å². The summed E-state index contributed by atoms with van der Waals surface area (Å²) in [5.41, 5.74) is 0. The summed E-state index contributed by atoms with van der Waals surface area (Å²) >= 11 is 3.24. The third-order valence-electron chi connectivity index (χ3n) is 0. The Labute approximate surface area is 34.3 Å². The Balaban J connectivity index is 4.06. The van der Waals surface area contributed by atoms with Crippen LogP contribution in [0.25, 0.3) is 0 Å². The van der Waals surface area contributed by atoms with Crippen LogP contribution in [-0.4, -0.2) is 13.3 Å². The molecule has 0 fully saturated rings. The van der Waals surface area contributed by atoms with E-state index in [2.05, 4.69) is 11.2 Å². The van der Waals surface area contributed by atoms with Gasteiger partial charge in [-0.15, -0.1) is 9.05 Å². The van der Waals surface area contributed by atoms with Crippen LogP contribution in [-0.2, 0) is 20.2 Å². The van der Waals surface area contributed by atoms with E-state index in [0.29, 0.717) is 0 Å². The normalized spacial score (nSPS) is 11.6. The van der Waals surface area contributed by atoms with E-state index in [-0.39, 0.29) is 0 Å². The van der Waals surface area contributed by atoms with Gasteiger partial charge >= 0.3 is 0 Å². The average molecular weight is 115 g/mol. The molecule has 0 bridgehead atoms. The second kappa shape index (κ2) is 1.17. The lowest BCUT2D eigenvalue weighted by Crippen LogP contribution is -1.88. The fourth-order valence-corrected chi connectivity index (χ4v) is 0. The van der Waals surface area contributed by atoms with Crippen molar-refractivity contribution in [1.29, 1.82) is 0 Å². The molecule has 0 saturated carbocycles. The van der Waals surface area contributed by atoms with E-state index >= 15 is 0 Å². The van der Waals surface area contributed by atoms with Gasteiger partial charge in [0.2, 0.25) is 0 Å². The third-order valence-corrected chi connectivity index (χ3v) is 0. The first kappa shape index (κ1) is 5.29. The summed E-state index contributed by atoms with van der Waals surface area (Å²) in [6.07, 6.45) is 0. The van der Waals surface area contributed by atoms with Crippen molar-refractivity contribution in [3.63, 3.8) is 0 Å². The number of rotatable bonds is 0. The second-order valence-electron chi connectivity index (χ2n) is 0.408. The summed E-state index contributed by atoms with van der Waals surface area (Å²) in [4.78, 5) is 0. The van der Waals surface area contributed by atoms with Gasteiger partial charge in [0.15, 0.2) is 0 Å². The molecule has 0 aliphatic carbocycles. The smallest absolute Gasteiger partial charge is 0.0484 e. The maximum Gasteiger partial charge on any atom is -0.0484 e. The van der Waals surface area contributed by atoms with Crippen LogP contribution in [0.3, 0.4) is 0 Å². The average Bonchev–Trinajstić information content (AvgIpc) is 0.722. The molecule has 0 heterocycles. The van der Waals surface area contributed by atoms with Gasteiger partial charge in [0.05, 0.1) is 0 Å². The Bertz CT molecular complexity index is 88.1. The molecule has 0 aliphatic rings. The van der Waals surface area contributed by atoms with E-state index in [0.717, 1.165) is 0 Å². The number of hydrogen-bond donors (Lipinski definition) is 0. The minimum absolute atomic E-state index is 3.24. The van der Waals surface area contributed by atoms with Gasteiger partial charge in [-0.05, 0) is 11.2 Å². The van der Waals surface area contributed by atoms with E-state index in [1.165, 1.54) is 0 Å². The molecular weight excluding hydrogens is 115 g/mol. The molecule has 0 aliphatic heterocycles. The Morgan fingerprint density at radius 1 is 1.60 bits per heavy atom. The van der Waals surface area contributed by atoms with Crippen molar-refractivity contribution in [3.05, 3.63) is 0 Å². The van der Waals surface area contributed by atoms with Crippen LogP contribution >= 0.6 is 0 Å². The van der Waals surface area contributed by atoms with E-state index in [1.807, 2.05) is 0 Å². The predicted octanol–water partition coefficient (Wildman–Crippen LogP) is -1.01. The van der Waals surface area contributed by atoms with Gasteiger partial charge in [-0.25, -0.2) is 0 Å². The van der Waals surface area contributed by atoms with Crippen molar-refractivity contribution in [3.8, 4) is 0 Å². The molecular formula is O3S2-2. The van der Waals surface area contributed by atoms with E-state index < -0.39 is 9.05 Å². The zero-order chi connectivity index (χ0) is 4.50. The van der Waals surface area contributed by atoms with Gasteiger partial charge in [0.25, 0.3) is 0 Å². The van der Waals surface area contributed by atoms with E-state index in [4.69, 9.17) is 13.3 Å². The minimum atomic E-state index is -4.33. The summed E-state index contributed by atoms with van der Waals surface area (Å²) < 4.78 is 26.7. The number of hydrogen-bond acceptors (Lipinski definition) is 4. The lowest BCUT2D eigenvalue weighted by atomic mass is 15.9. The molecule has 0 amide bonds. The fourth-order valence-electron chi connectivity index (χ4n) is 0. The zero-order valence-electron chi connectivity index (χ0n) is 2.04. The summed E-state index contributed by atoms with van der Waals surface area (Å²) in [5.74, 6) is 0. The summed E-state index contributed by atoms with van der Waals surface area (Å²) in [5, 5.41) is 0. The standard InChI is InChI=1S/H2O3S2/c1-5(2,3)4/h(H2,1,2,3,4)/p-2/i5+3. The van der Waals surface area contributed by atoms with Crippen molar-refractivity contribution in [1.82, 2.24) is 0 Å². The molecule has 32 valence electrons. The Hall–Kier alpha value is 0.290. The highest BCUT2D eigenvalue weighted by Gasteiger charge is 1.43. The summed E-state index contributed by atoms with van der Waals surface area (Å²) in [7, 11) is -4.33. The van der Waals surface area contributed by atoms with Crippen LogP contribution in [0.15, 0.2) is 0 Å². The summed E-state index contributed by atoms with van der Waals surface area (Å²) in [6, 6.07) is 0. The molecule has 0 saturated heterocycles. The lowest BCUT2D eigenvalue weighted by Gasteiger charge is -2.12. The molecule has 0 aromatic rings. The first-order chi connectivity index (χ1) is 2.00. The van der Waals surface area contributed by atoms with Crippen LogP contribution in [0, 0.1) is 0 Å². The molecule has 0 radical (unpaired) electrons. The molecule has 5 heavy (non-hydrogen) atoms. The molecule has 0 aromatic carbocycles. The SMILES string of the molecule is O=[35S]([O-])([O-])=S. The van der Waals surface area contributed by atoms with Gasteiger partial charge in [0.1, 0.15) is 0 Å². The van der Waals surface area contributed by atoms with Crippen LogP contribution in [0.5, 0.6) is 0 Å². The van der Waals surface area contributed by atoms with Crippen molar-refractivity contribution < 1.29 is 13.3 Å². The largest absolute Gasteiger partial charge is 0.780 e. The highest BCUT2D eigenvalue weighted by Crippen LogP contribution is 1.60. The lowest BCUT2D eigenvalue weighted by molar-refractivity contribution is 0.416. The van der Waals surface area contributed by atoms with Gasteiger partial charge in [0, 0.05) is 0 Å². The molecule has 0 atom stereocenters. The van der Waals surface area contributed by atoms with Crippen molar-refractivity contribution in [2.75, 3.05) is 0 Å². The highest BCUT2D eigenvalue weighted by atomic mass is 35.3. The van der Waals surface area contributed by atoms with E-state index in [1.54, 1.807) is 0 Å². The van der Waals surface area contributed by atoms with Crippen molar-refractivity contribution >= 4 is 20.2 Å². The molecule has 3 nitrogen and oxygen atoms in total. The third kappa shape index (κ3) is 268. The summed E-state index contributed by atoms with van der Waals surface area (Å²) in [6.45, 7) is 0. The molecule has 0 N–H and O–H groups in total. The van der Waals surface area contributed by atoms with Crippen molar-refractivity contribution in [2.45, 2.75) is 0 Å². The van der Waals surface area contributed by atoms with Gasteiger partial charge in [-0.1, -0.05) is 0 Å². The van der Waals surface area contributed by atoms with Gasteiger partial charge in [-0.2, -0.15) is 0 Å². The Kier molecular flexibility index (Phi) is 1.24.